The molecule has 4 heteroatoms. The molecule has 2 aromatic rings. The van der Waals surface area contributed by atoms with E-state index in [1.54, 1.807) is 0 Å². The fraction of sp³-hybridized carbons (Fsp3) is 0.333. The monoisotopic (exact) mass is 252 g/mol. The summed E-state index contributed by atoms with van der Waals surface area (Å²) in [4.78, 5) is 0. The van der Waals surface area contributed by atoms with E-state index in [0.717, 1.165) is 0 Å². The second-order valence-electron chi connectivity index (χ2n) is 4.10. The van der Waals surface area contributed by atoms with E-state index >= 15 is 0 Å². The average Bonchev–Trinajstić information content (AvgIpc) is 2.61. The van der Waals surface area contributed by atoms with Crippen molar-refractivity contribution in [2.24, 2.45) is 0 Å². The van der Waals surface area contributed by atoms with Crippen molar-refractivity contribution in [2.75, 3.05) is 28.2 Å². The van der Waals surface area contributed by atoms with Gasteiger partial charge in [0.05, 0.1) is 8.22 Å². The lowest BCUT2D eigenvalue weighted by molar-refractivity contribution is 0.585. The van der Waals surface area contributed by atoms with Crippen LogP contribution in [0.25, 0.3) is 10.1 Å². The van der Waals surface area contributed by atoms with Crippen LogP contribution in [0.15, 0.2) is 29.6 Å². The maximum Gasteiger partial charge on any atom is 0.0728 e. The quantitative estimate of drug-likeness (QED) is 0.775. The first-order valence-corrected chi connectivity index (χ1v) is 7.35. The summed E-state index contributed by atoms with van der Waals surface area (Å²) in [6, 6.07) is 8.65. The summed E-state index contributed by atoms with van der Waals surface area (Å²) in [6.45, 7) is 0. The summed E-state index contributed by atoms with van der Waals surface area (Å²) < 4.78 is 6.00. The predicted octanol–water partition coefficient (Wildman–Crippen LogP) is 2.96. The molecule has 1 aromatic heterocycles. The Hall–Kier alpha value is -0.470. The van der Waals surface area contributed by atoms with Crippen molar-refractivity contribution in [3.05, 3.63) is 29.6 Å². The van der Waals surface area contributed by atoms with Crippen molar-refractivity contribution in [1.29, 1.82) is 0 Å². The van der Waals surface area contributed by atoms with Gasteiger partial charge in [-0.25, -0.2) is 0 Å². The molecule has 86 valence electrons. The number of benzene rings is 1. The largest absolute Gasteiger partial charge is 0.272 e. The lowest BCUT2D eigenvalue weighted by Crippen LogP contribution is -2.23. The van der Waals surface area contributed by atoms with Crippen molar-refractivity contribution >= 4 is 35.0 Å². The van der Waals surface area contributed by atoms with Crippen LogP contribution in [0, 0.1) is 0 Å². The fourth-order valence-corrected chi connectivity index (χ4v) is 5.33. The summed E-state index contributed by atoms with van der Waals surface area (Å²) in [6.07, 6.45) is 0. The van der Waals surface area contributed by atoms with E-state index in [9.17, 15) is 0 Å². The predicted molar refractivity (Wildman–Crippen MR) is 75.8 cm³/mol. The highest BCUT2D eigenvalue weighted by Gasteiger charge is 2.19. The minimum Gasteiger partial charge on any atom is -0.272 e. The standard InChI is InChI=1S/C12H17N2PS/c1-13(2)15(14(3)4)11-9-16-12-8-6-5-7-10(11)12/h5-9H,1-4H3. The molecule has 1 aromatic carbocycles. The SMILES string of the molecule is CN(C)P(c1csc2ccccc12)N(C)C. The molecule has 0 atom stereocenters. The number of rotatable bonds is 3. The van der Waals surface area contributed by atoms with E-state index in [1.165, 1.54) is 15.4 Å². The van der Waals surface area contributed by atoms with Gasteiger partial charge in [-0.2, -0.15) is 0 Å². The van der Waals surface area contributed by atoms with Crippen LogP contribution in [0.3, 0.4) is 0 Å². The van der Waals surface area contributed by atoms with Crippen LogP contribution >= 0.6 is 19.6 Å². The molecule has 0 spiro atoms. The van der Waals surface area contributed by atoms with Crippen LogP contribution in [-0.4, -0.2) is 37.5 Å². The second kappa shape index (κ2) is 4.80. The van der Waals surface area contributed by atoms with Gasteiger partial charge in [0.1, 0.15) is 0 Å². The maximum atomic E-state index is 2.31. The van der Waals surface area contributed by atoms with Crippen molar-refractivity contribution in [1.82, 2.24) is 9.34 Å². The third-order valence-corrected chi connectivity index (χ3v) is 5.89. The first kappa shape index (κ1) is 12.0. The smallest absolute Gasteiger partial charge is 0.0728 e. The molecule has 0 aliphatic heterocycles. The summed E-state index contributed by atoms with van der Waals surface area (Å²) in [7, 11) is 8.24. The molecule has 0 aliphatic rings. The number of fused-ring (bicyclic) bond motifs is 1. The van der Waals surface area contributed by atoms with Crippen LogP contribution in [-0.2, 0) is 0 Å². The van der Waals surface area contributed by atoms with E-state index < -0.39 is 0 Å². The number of nitrogens with zero attached hydrogens (tertiary/aromatic N) is 2. The van der Waals surface area contributed by atoms with E-state index in [0.29, 0.717) is 0 Å². The lowest BCUT2D eigenvalue weighted by Gasteiger charge is -2.29. The van der Waals surface area contributed by atoms with Gasteiger partial charge in [0, 0.05) is 20.8 Å². The minimum absolute atomic E-state index is 0.359. The highest BCUT2D eigenvalue weighted by molar-refractivity contribution is 7.62. The highest BCUT2D eigenvalue weighted by Crippen LogP contribution is 2.42. The fourth-order valence-electron chi connectivity index (χ4n) is 1.91. The third kappa shape index (κ3) is 2.14. The number of hydrogen-bond acceptors (Lipinski definition) is 3. The molecule has 2 nitrogen and oxygen atoms in total. The molecule has 2 rings (SSSR count). The molecular weight excluding hydrogens is 235 g/mol. The van der Waals surface area contributed by atoms with Gasteiger partial charge in [-0.15, -0.1) is 11.3 Å². The van der Waals surface area contributed by atoms with Gasteiger partial charge in [0.15, 0.2) is 0 Å². The summed E-state index contributed by atoms with van der Waals surface area (Å²) in [5.41, 5.74) is 0. The minimum atomic E-state index is -0.359. The summed E-state index contributed by atoms with van der Waals surface area (Å²) in [5.74, 6) is 0. The summed E-state index contributed by atoms with van der Waals surface area (Å²) in [5, 5.41) is 5.17. The van der Waals surface area contributed by atoms with Crippen LogP contribution in [0.5, 0.6) is 0 Å². The van der Waals surface area contributed by atoms with Crippen molar-refractivity contribution < 1.29 is 0 Å². The summed E-state index contributed by atoms with van der Waals surface area (Å²) >= 11 is 1.84. The Balaban J connectivity index is 2.53. The van der Waals surface area contributed by atoms with Gasteiger partial charge in [-0.05, 0) is 34.3 Å². The van der Waals surface area contributed by atoms with Gasteiger partial charge >= 0.3 is 0 Å². The molecule has 1 heterocycles. The van der Waals surface area contributed by atoms with Gasteiger partial charge in [0.25, 0.3) is 0 Å². The Bertz CT molecular complexity index is 471. The van der Waals surface area contributed by atoms with Crippen molar-refractivity contribution in [2.45, 2.75) is 0 Å². The van der Waals surface area contributed by atoms with E-state index in [-0.39, 0.29) is 8.22 Å². The second-order valence-corrected chi connectivity index (χ2v) is 7.67. The molecule has 0 unspecified atom stereocenters. The molecule has 0 saturated carbocycles. The average molecular weight is 252 g/mol. The molecule has 0 N–H and O–H groups in total. The van der Waals surface area contributed by atoms with Gasteiger partial charge in [-0.3, -0.25) is 9.34 Å². The van der Waals surface area contributed by atoms with Crippen LogP contribution in [0.4, 0.5) is 0 Å². The Kier molecular flexibility index (Phi) is 3.60. The van der Waals surface area contributed by atoms with Gasteiger partial charge in [0.2, 0.25) is 0 Å². The lowest BCUT2D eigenvalue weighted by atomic mass is 10.3. The zero-order chi connectivity index (χ0) is 11.7. The molecule has 0 radical (unpaired) electrons. The topological polar surface area (TPSA) is 6.48 Å². The Labute approximate surface area is 102 Å². The zero-order valence-corrected chi connectivity index (χ0v) is 11.8. The van der Waals surface area contributed by atoms with Crippen molar-refractivity contribution in [3.8, 4) is 0 Å². The van der Waals surface area contributed by atoms with Crippen LogP contribution in [0.1, 0.15) is 0 Å². The first-order valence-electron chi connectivity index (χ1n) is 5.22. The molecule has 0 bridgehead atoms. The van der Waals surface area contributed by atoms with Crippen LogP contribution in [0.2, 0.25) is 0 Å². The normalized spacial score (nSPS) is 12.2. The van der Waals surface area contributed by atoms with E-state index in [4.69, 9.17) is 0 Å². The molecule has 0 saturated heterocycles. The third-order valence-electron chi connectivity index (χ3n) is 2.43. The Morgan fingerprint density at radius 1 is 1.00 bits per heavy atom. The molecule has 16 heavy (non-hydrogen) atoms. The molecule has 0 aliphatic carbocycles. The Morgan fingerprint density at radius 3 is 2.25 bits per heavy atom. The van der Waals surface area contributed by atoms with Crippen molar-refractivity contribution in [3.63, 3.8) is 0 Å². The van der Waals surface area contributed by atoms with E-state index in [1.807, 2.05) is 11.3 Å². The van der Waals surface area contributed by atoms with Gasteiger partial charge in [-0.1, -0.05) is 18.2 Å². The first-order chi connectivity index (χ1) is 7.61. The Morgan fingerprint density at radius 2 is 1.62 bits per heavy atom. The zero-order valence-electron chi connectivity index (χ0n) is 10.1. The van der Waals surface area contributed by atoms with E-state index in [2.05, 4.69) is 67.2 Å². The van der Waals surface area contributed by atoms with Crippen LogP contribution < -0.4 is 5.30 Å². The number of hydrogen-bond donors (Lipinski definition) is 0. The number of thiophene rings is 1. The maximum absolute atomic E-state index is 2.31. The van der Waals surface area contributed by atoms with Gasteiger partial charge < -0.3 is 0 Å². The highest BCUT2D eigenvalue weighted by atomic mass is 32.1. The molecule has 0 amide bonds. The molecular formula is C12H17N2PS. The molecule has 0 fully saturated rings.